The van der Waals surface area contributed by atoms with E-state index in [1.807, 2.05) is 35.7 Å². The number of benzene rings is 2. The lowest BCUT2D eigenvalue weighted by molar-refractivity contribution is 0.0925. The van der Waals surface area contributed by atoms with E-state index in [2.05, 4.69) is 10.6 Å². The van der Waals surface area contributed by atoms with Crippen molar-refractivity contribution in [3.8, 4) is 5.75 Å². The van der Waals surface area contributed by atoms with E-state index in [1.54, 1.807) is 30.3 Å². The van der Waals surface area contributed by atoms with Crippen LogP contribution in [0.15, 0.2) is 66.0 Å². The predicted molar refractivity (Wildman–Crippen MR) is 105 cm³/mol. The molecule has 5 nitrogen and oxygen atoms in total. The molecule has 0 radical (unpaired) electrons. The summed E-state index contributed by atoms with van der Waals surface area (Å²) in [5.41, 5.74) is 1.90. The van der Waals surface area contributed by atoms with Crippen LogP contribution < -0.4 is 15.4 Å². The molecule has 0 bridgehead atoms. The molecule has 3 aromatic rings. The van der Waals surface area contributed by atoms with Gasteiger partial charge in [-0.05, 0) is 29.6 Å². The molecule has 4 rings (SSSR count). The van der Waals surface area contributed by atoms with Gasteiger partial charge >= 0.3 is 0 Å². The molecule has 2 aromatic carbocycles. The second-order valence-electron chi connectivity index (χ2n) is 6.18. The molecule has 2 N–H and O–H groups in total. The monoisotopic (exact) mass is 378 g/mol. The largest absolute Gasteiger partial charge is 0.493 e. The van der Waals surface area contributed by atoms with Gasteiger partial charge in [-0.1, -0.05) is 36.4 Å². The number of thiophene rings is 1. The molecule has 0 saturated heterocycles. The van der Waals surface area contributed by atoms with Crippen LogP contribution in [-0.4, -0.2) is 18.4 Å². The van der Waals surface area contributed by atoms with E-state index in [-0.39, 0.29) is 17.9 Å². The van der Waals surface area contributed by atoms with Crippen molar-refractivity contribution in [1.82, 2.24) is 5.32 Å². The van der Waals surface area contributed by atoms with Crippen LogP contribution in [0.3, 0.4) is 0 Å². The number of hydrogen-bond acceptors (Lipinski definition) is 4. The number of nitrogens with one attached hydrogen (secondary N) is 2. The van der Waals surface area contributed by atoms with Gasteiger partial charge in [-0.2, -0.15) is 0 Å². The first kappa shape index (κ1) is 17.3. The van der Waals surface area contributed by atoms with Gasteiger partial charge in [0.05, 0.1) is 28.8 Å². The van der Waals surface area contributed by atoms with Crippen LogP contribution in [0.4, 0.5) is 5.69 Å². The highest BCUT2D eigenvalue weighted by Gasteiger charge is 2.24. The molecule has 6 heteroatoms. The standard InChI is InChI=1S/C21H18N2O3S/c24-20(22-17-11-12-26-18-9-4-2-6-14(17)18)15-7-1-3-8-16(15)23-21(25)19-10-5-13-27-19/h1-10,13,17H,11-12H2,(H,22,24)(H,23,25). The van der Waals surface area contributed by atoms with Crippen molar-refractivity contribution in [3.63, 3.8) is 0 Å². The third-order valence-electron chi connectivity index (χ3n) is 4.43. The van der Waals surface area contributed by atoms with Crippen LogP contribution in [0, 0.1) is 0 Å². The summed E-state index contributed by atoms with van der Waals surface area (Å²) < 4.78 is 5.65. The third kappa shape index (κ3) is 3.71. The minimum atomic E-state index is -0.223. The molecule has 1 aliphatic rings. The van der Waals surface area contributed by atoms with E-state index in [0.29, 0.717) is 29.2 Å². The second kappa shape index (κ2) is 7.63. The Labute approximate surface area is 161 Å². The van der Waals surface area contributed by atoms with Crippen molar-refractivity contribution in [2.75, 3.05) is 11.9 Å². The van der Waals surface area contributed by atoms with E-state index < -0.39 is 0 Å². The fourth-order valence-corrected chi connectivity index (χ4v) is 3.73. The maximum absolute atomic E-state index is 12.9. The first-order valence-corrected chi connectivity index (χ1v) is 9.57. The Hall–Kier alpha value is -3.12. The van der Waals surface area contributed by atoms with Crippen molar-refractivity contribution in [1.29, 1.82) is 0 Å². The smallest absolute Gasteiger partial charge is 0.265 e. The number of fused-ring (bicyclic) bond motifs is 1. The SMILES string of the molecule is O=C(Nc1ccccc1C(=O)NC1CCOc2ccccc21)c1cccs1. The van der Waals surface area contributed by atoms with E-state index >= 15 is 0 Å². The number of anilines is 1. The molecule has 1 aliphatic heterocycles. The number of para-hydroxylation sites is 2. The molecule has 2 heterocycles. The lowest BCUT2D eigenvalue weighted by Gasteiger charge is -2.27. The molecule has 27 heavy (non-hydrogen) atoms. The summed E-state index contributed by atoms with van der Waals surface area (Å²) in [6, 6.07) is 18.2. The topological polar surface area (TPSA) is 67.4 Å². The van der Waals surface area contributed by atoms with Crippen LogP contribution in [0.25, 0.3) is 0 Å². The second-order valence-corrected chi connectivity index (χ2v) is 7.13. The van der Waals surface area contributed by atoms with Crippen molar-refractivity contribution < 1.29 is 14.3 Å². The summed E-state index contributed by atoms with van der Waals surface area (Å²) in [5.74, 6) is 0.355. The first-order valence-electron chi connectivity index (χ1n) is 8.69. The fourth-order valence-electron chi connectivity index (χ4n) is 3.11. The lowest BCUT2D eigenvalue weighted by atomic mass is 10.00. The van der Waals surface area contributed by atoms with E-state index in [0.717, 1.165) is 11.3 Å². The Morgan fingerprint density at radius 3 is 2.63 bits per heavy atom. The van der Waals surface area contributed by atoms with Crippen LogP contribution in [0.1, 0.15) is 38.1 Å². The van der Waals surface area contributed by atoms with Crippen LogP contribution >= 0.6 is 11.3 Å². The Morgan fingerprint density at radius 1 is 0.963 bits per heavy atom. The van der Waals surface area contributed by atoms with Crippen molar-refractivity contribution in [2.24, 2.45) is 0 Å². The van der Waals surface area contributed by atoms with Gasteiger partial charge in [0.15, 0.2) is 0 Å². The molecule has 1 atom stereocenters. The normalized spacial score (nSPS) is 15.3. The van der Waals surface area contributed by atoms with Gasteiger partial charge in [0.2, 0.25) is 0 Å². The van der Waals surface area contributed by atoms with Crippen molar-refractivity contribution in [3.05, 3.63) is 82.0 Å². The van der Waals surface area contributed by atoms with Gasteiger partial charge in [-0.3, -0.25) is 9.59 Å². The molecule has 0 fully saturated rings. The van der Waals surface area contributed by atoms with Gasteiger partial charge in [0, 0.05) is 12.0 Å². The van der Waals surface area contributed by atoms with Gasteiger partial charge in [0.25, 0.3) is 11.8 Å². The quantitative estimate of drug-likeness (QED) is 0.713. The summed E-state index contributed by atoms with van der Waals surface area (Å²) in [6.45, 7) is 0.554. The van der Waals surface area contributed by atoms with Gasteiger partial charge in [0.1, 0.15) is 5.75 Å². The number of carbonyl (C=O) groups is 2. The summed E-state index contributed by atoms with van der Waals surface area (Å²) in [6.07, 6.45) is 0.701. The van der Waals surface area contributed by atoms with Crippen LogP contribution in [0.2, 0.25) is 0 Å². The van der Waals surface area contributed by atoms with Crippen LogP contribution in [0.5, 0.6) is 5.75 Å². The average Bonchev–Trinajstić information content (AvgIpc) is 3.24. The highest BCUT2D eigenvalue weighted by atomic mass is 32.1. The number of carbonyl (C=O) groups excluding carboxylic acids is 2. The molecular weight excluding hydrogens is 360 g/mol. The highest BCUT2D eigenvalue weighted by molar-refractivity contribution is 7.12. The van der Waals surface area contributed by atoms with E-state index in [4.69, 9.17) is 4.74 Å². The molecule has 136 valence electrons. The maximum Gasteiger partial charge on any atom is 0.265 e. The van der Waals surface area contributed by atoms with Gasteiger partial charge < -0.3 is 15.4 Å². The van der Waals surface area contributed by atoms with E-state index in [9.17, 15) is 9.59 Å². The zero-order valence-electron chi connectivity index (χ0n) is 14.5. The highest BCUT2D eigenvalue weighted by Crippen LogP contribution is 2.32. The summed E-state index contributed by atoms with van der Waals surface area (Å²) >= 11 is 1.36. The fraction of sp³-hybridized carbons (Fsp3) is 0.143. The molecule has 0 saturated carbocycles. The molecule has 1 aromatic heterocycles. The summed E-state index contributed by atoms with van der Waals surface area (Å²) in [7, 11) is 0. The van der Waals surface area contributed by atoms with E-state index in [1.165, 1.54) is 11.3 Å². The number of hydrogen-bond donors (Lipinski definition) is 2. The molecule has 0 spiro atoms. The van der Waals surface area contributed by atoms with Gasteiger partial charge in [-0.15, -0.1) is 11.3 Å². The van der Waals surface area contributed by atoms with Crippen molar-refractivity contribution in [2.45, 2.75) is 12.5 Å². The zero-order valence-corrected chi connectivity index (χ0v) is 15.3. The van der Waals surface area contributed by atoms with Crippen molar-refractivity contribution >= 4 is 28.8 Å². The Morgan fingerprint density at radius 2 is 1.78 bits per heavy atom. The summed E-state index contributed by atoms with van der Waals surface area (Å²) in [4.78, 5) is 25.9. The first-order chi connectivity index (χ1) is 13.2. The number of amides is 2. The number of rotatable bonds is 4. The molecular formula is C21H18N2O3S. The minimum absolute atomic E-state index is 0.122. The lowest BCUT2D eigenvalue weighted by Crippen LogP contribution is -2.32. The zero-order chi connectivity index (χ0) is 18.6. The Bertz CT molecular complexity index is 969. The predicted octanol–water partition coefficient (Wildman–Crippen LogP) is 4.25. The Kier molecular flexibility index (Phi) is 4.89. The Balaban J connectivity index is 1.54. The molecule has 0 aliphatic carbocycles. The maximum atomic E-state index is 12.9. The molecule has 1 unspecified atom stereocenters. The third-order valence-corrected chi connectivity index (χ3v) is 5.30. The molecule has 2 amide bonds. The number of ether oxygens (including phenoxy) is 1. The average molecular weight is 378 g/mol. The van der Waals surface area contributed by atoms with Crippen LogP contribution in [-0.2, 0) is 0 Å². The minimum Gasteiger partial charge on any atom is -0.493 e. The van der Waals surface area contributed by atoms with Gasteiger partial charge in [-0.25, -0.2) is 0 Å². The summed E-state index contributed by atoms with van der Waals surface area (Å²) in [5, 5.41) is 7.75.